The molecule has 0 atom stereocenters. The van der Waals surface area contributed by atoms with Gasteiger partial charge >= 0.3 is 0 Å². The van der Waals surface area contributed by atoms with Crippen LogP contribution in [0.15, 0.2) is 42.6 Å². The van der Waals surface area contributed by atoms with E-state index in [1.165, 1.54) is 6.08 Å². The van der Waals surface area contributed by atoms with Gasteiger partial charge in [-0.1, -0.05) is 18.2 Å². The number of carbonyl (C=O) groups is 2. The minimum Gasteiger partial charge on any atom is -0.491 e. The van der Waals surface area contributed by atoms with Gasteiger partial charge in [-0.05, 0) is 31.5 Å². The molecule has 25 heavy (non-hydrogen) atoms. The minimum absolute atomic E-state index is 0.0501. The number of likely N-dealkylation sites (N-methyl/N-ethyl adjacent to an activating group) is 1. The molecule has 1 heterocycles. The summed E-state index contributed by atoms with van der Waals surface area (Å²) < 4.78 is 5.62. The Morgan fingerprint density at radius 1 is 1.24 bits per heavy atom. The summed E-state index contributed by atoms with van der Waals surface area (Å²) in [6.45, 7) is 7.76. The zero-order chi connectivity index (χ0) is 18.6. The molecule has 134 valence electrons. The first-order valence-electron chi connectivity index (χ1n) is 8.21. The van der Waals surface area contributed by atoms with Crippen molar-refractivity contribution in [1.82, 2.24) is 9.80 Å². The van der Waals surface area contributed by atoms with E-state index >= 15 is 0 Å². The number of amides is 2. The van der Waals surface area contributed by atoms with Crippen LogP contribution in [0.1, 0.15) is 19.4 Å². The van der Waals surface area contributed by atoms with Crippen LogP contribution in [0, 0.1) is 0 Å². The van der Waals surface area contributed by atoms with Gasteiger partial charge in [0.15, 0.2) is 0 Å². The van der Waals surface area contributed by atoms with Gasteiger partial charge in [0.05, 0.1) is 18.3 Å². The number of hydrogen-bond acceptors (Lipinski definition) is 5. The van der Waals surface area contributed by atoms with E-state index in [1.54, 1.807) is 36.2 Å². The molecular formula is C19H24N2O4. The van der Waals surface area contributed by atoms with Crippen LogP contribution in [0.3, 0.4) is 0 Å². The number of rotatable bonds is 8. The number of nitrogens with zero attached hydrogens (tertiary/aromatic N) is 2. The Bertz CT molecular complexity index is 692. The molecule has 0 bridgehead atoms. The summed E-state index contributed by atoms with van der Waals surface area (Å²) in [4.78, 5) is 28.2. The van der Waals surface area contributed by atoms with Crippen LogP contribution < -0.4 is 4.74 Å². The van der Waals surface area contributed by atoms with Gasteiger partial charge in [0.25, 0.3) is 11.8 Å². The maximum Gasteiger partial charge on any atom is 0.278 e. The molecule has 1 N–H and O–H groups in total. The van der Waals surface area contributed by atoms with Crippen LogP contribution in [0.25, 0.3) is 5.57 Å². The molecule has 6 nitrogen and oxygen atoms in total. The molecule has 2 rings (SSSR count). The third kappa shape index (κ3) is 3.91. The largest absolute Gasteiger partial charge is 0.491 e. The quantitative estimate of drug-likeness (QED) is 0.574. The lowest BCUT2D eigenvalue weighted by Crippen LogP contribution is -2.34. The van der Waals surface area contributed by atoms with Crippen LogP contribution in [0.2, 0.25) is 0 Å². The molecule has 0 aromatic heterocycles. The van der Waals surface area contributed by atoms with Crippen molar-refractivity contribution in [2.75, 3.05) is 26.7 Å². The van der Waals surface area contributed by atoms with E-state index in [1.807, 2.05) is 13.8 Å². The van der Waals surface area contributed by atoms with Crippen molar-refractivity contribution in [3.05, 3.63) is 48.2 Å². The number of aliphatic hydroxyl groups excluding tert-OH is 1. The van der Waals surface area contributed by atoms with Gasteiger partial charge < -0.3 is 14.7 Å². The summed E-state index contributed by atoms with van der Waals surface area (Å²) in [5.74, 6) is -0.0371. The molecule has 1 aliphatic rings. The van der Waals surface area contributed by atoms with Gasteiger partial charge in [-0.15, -0.1) is 6.58 Å². The number of benzene rings is 1. The van der Waals surface area contributed by atoms with Gasteiger partial charge in [-0.3, -0.25) is 14.5 Å². The Hall–Kier alpha value is -2.60. The smallest absolute Gasteiger partial charge is 0.278 e. The fraction of sp³-hybridized carbons (Fsp3) is 0.368. The van der Waals surface area contributed by atoms with Crippen LogP contribution in [-0.4, -0.2) is 59.6 Å². The Balaban J connectivity index is 2.45. The first-order chi connectivity index (χ1) is 11.9. The van der Waals surface area contributed by atoms with Crippen molar-refractivity contribution in [3.63, 3.8) is 0 Å². The van der Waals surface area contributed by atoms with Gasteiger partial charge in [-0.25, -0.2) is 0 Å². The lowest BCUT2D eigenvalue weighted by molar-refractivity contribution is -0.136. The average molecular weight is 344 g/mol. The van der Waals surface area contributed by atoms with Crippen molar-refractivity contribution in [1.29, 1.82) is 0 Å². The molecule has 0 saturated heterocycles. The van der Waals surface area contributed by atoms with Gasteiger partial charge in [-0.2, -0.15) is 0 Å². The van der Waals surface area contributed by atoms with Crippen molar-refractivity contribution in [2.24, 2.45) is 0 Å². The molecule has 0 aliphatic carbocycles. The second-order valence-corrected chi connectivity index (χ2v) is 6.07. The van der Waals surface area contributed by atoms with E-state index in [-0.39, 0.29) is 37.6 Å². The SMILES string of the molecule is C=CCN1C(=O)C(c2ccc(OC(C)C)cc2)=C(N(C)CCO)C1=O. The Labute approximate surface area is 148 Å². The van der Waals surface area contributed by atoms with Gasteiger partial charge in [0.1, 0.15) is 11.4 Å². The number of hydrogen-bond donors (Lipinski definition) is 1. The molecule has 0 radical (unpaired) electrons. The summed E-state index contributed by atoms with van der Waals surface area (Å²) in [5, 5.41) is 9.19. The Morgan fingerprint density at radius 2 is 1.88 bits per heavy atom. The fourth-order valence-corrected chi connectivity index (χ4v) is 2.71. The maximum atomic E-state index is 12.8. The first kappa shape index (κ1) is 18.7. The average Bonchev–Trinajstić information content (AvgIpc) is 2.80. The predicted octanol–water partition coefficient (Wildman–Crippen LogP) is 1.66. The Morgan fingerprint density at radius 3 is 2.40 bits per heavy atom. The van der Waals surface area contributed by atoms with Crippen LogP contribution >= 0.6 is 0 Å². The third-order valence-electron chi connectivity index (χ3n) is 3.79. The normalized spacial score (nSPS) is 14.5. The summed E-state index contributed by atoms with van der Waals surface area (Å²) in [6, 6.07) is 7.09. The van der Waals surface area contributed by atoms with E-state index in [2.05, 4.69) is 6.58 Å². The number of ether oxygens (including phenoxy) is 1. The zero-order valence-corrected chi connectivity index (χ0v) is 14.9. The molecular weight excluding hydrogens is 320 g/mol. The van der Waals surface area contributed by atoms with E-state index in [0.717, 1.165) is 4.90 Å². The van der Waals surface area contributed by atoms with Crippen molar-refractivity contribution < 1.29 is 19.4 Å². The highest BCUT2D eigenvalue weighted by molar-refractivity contribution is 6.35. The van der Waals surface area contributed by atoms with E-state index in [0.29, 0.717) is 22.6 Å². The summed E-state index contributed by atoms with van der Waals surface area (Å²) in [7, 11) is 1.68. The molecule has 1 aliphatic heterocycles. The van der Waals surface area contributed by atoms with Crippen molar-refractivity contribution in [3.8, 4) is 5.75 Å². The molecule has 0 unspecified atom stereocenters. The number of aliphatic hydroxyl groups is 1. The highest BCUT2D eigenvalue weighted by Gasteiger charge is 2.39. The second-order valence-electron chi connectivity index (χ2n) is 6.07. The van der Waals surface area contributed by atoms with Gasteiger partial charge in [0.2, 0.25) is 0 Å². The first-order valence-corrected chi connectivity index (χ1v) is 8.21. The molecule has 0 fully saturated rings. The van der Waals surface area contributed by atoms with Crippen LogP contribution in [0.4, 0.5) is 0 Å². The molecule has 0 spiro atoms. The maximum absolute atomic E-state index is 12.8. The fourth-order valence-electron chi connectivity index (χ4n) is 2.71. The molecule has 2 amide bonds. The lowest BCUT2D eigenvalue weighted by atomic mass is 10.0. The van der Waals surface area contributed by atoms with Crippen LogP contribution in [0.5, 0.6) is 5.75 Å². The monoisotopic (exact) mass is 344 g/mol. The van der Waals surface area contributed by atoms with E-state index in [4.69, 9.17) is 4.74 Å². The minimum atomic E-state index is -0.377. The van der Waals surface area contributed by atoms with Gasteiger partial charge in [0, 0.05) is 20.1 Å². The third-order valence-corrected chi connectivity index (χ3v) is 3.79. The predicted molar refractivity (Wildman–Crippen MR) is 95.8 cm³/mol. The van der Waals surface area contributed by atoms with E-state index < -0.39 is 0 Å². The summed E-state index contributed by atoms with van der Waals surface area (Å²) in [6.07, 6.45) is 1.57. The van der Waals surface area contributed by atoms with Crippen molar-refractivity contribution >= 4 is 17.4 Å². The highest BCUT2D eigenvalue weighted by Crippen LogP contribution is 2.31. The number of carbonyl (C=O) groups excluding carboxylic acids is 2. The standard InChI is InChI=1S/C19H24N2O4/c1-5-10-21-18(23)16(17(19(21)24)20(4)11-12-22)14-6-8-15(9-7-14)25-13(2)3/h5-9,13,22H,1,10-12H2,2-4H3. The molecule has 6 heteroatoms. The zero-order valence-electron chi connectivity index (χ0n) is 14.9. The van der Waals surface area contributed by atoms with Crippen molar-refractivity contribution in [2.45, 2.75) is 20.0 Å². The molecule has 0 saturated carbocycles. The second kappa shape index (κ2) is 7.98. The topological polar surface area (TPSA) is 70.1 Å². The number of imide groups is 1. The molecule has 1 aromatic rings. The lowest BCUT2D eigenvalue weighted by Gasteiger charge is -2.20. The Kier molecular flexibility index (Phi) is 5.98. The molecule has 1 aromatic carbocycles. The summed E-state index contributed by atoms with van der Waals surface area (Å²) in [5.41, 5.74) is 1.26. The highest BCUT2D eigenvalue weighted by atomic mass is 16.5. The van der Waals surface area contributed by atoms with E-state index in [9.17, 15) is 14.7 Å². The summed E-state index contributed by atoms with van der Waals surface area (Å²) >= 11 is 0. The van der Waals surface area contributed by atoms with Crippen LogP contribution in [-0.2, 0) is 9.59 Å².